The largest absolute Gasteiger partial charge is 0.353 e. The van der Waals surface area contributed by atoms with Crippen molar-refractivity contribution in [1.29, 1.82) is 0 Å². The minimum absolute atomic E-state index is 0.422. The van der Waals surface area contributed by atoms with Crippen LogP contribution < -0.4 is 10.2 Å². The maximum atomic E-state index is 13.6. The van der Waals surface area contributed by atoms with Crippen LogP contribution in [-0.4, -0.2) is 35.1 Å². The van der Waals surface area contributed by atoms with E-state index in [4.69, 9.17) is 0 Å². The zero-order valence-electron chi connectivity index (χ0n) is 14.2. The van der Waals surface area contributed by atoms with Gasteiger partial charge in [0, 0.05) is 35.6 Å². The van der Waals surface area contributed by atoms with Gasteiger partial charge < -0.3 is 10.2 Å². The van der Waals surface area contributed by atoms with Crippen LogP contribution in [0.3, 0.4) is 0 Å². The Morgan fingerprint density at radius 1 is 1.12 bits per heavy atom. The van der Waals surface area contributed by atoms with Gasteiger partial charge in [-0.15, -0.1) is 0 Å². The summed E-state index contributed by atoms with van der Waals surface area (Å²) < 4.78 is 13.6. The van der Waals surface area contributed by atoms with Crippen molar-refractivity contribution in [2.75, 3.05) is 23.3 Å². The summed E-state index contributed by atoms with van der Waals surface area (Å²) in [6.07, 6.45) is 3.38. The highest BCUT2D eigenvalue weighted by Gasteiger charge is 2.24. The number of fused-ring (bicyclic) bond motifs is 2. The van der Waals surface area contributed by atoms with Crippen molar-refractivity contribution in [3.63, 3.8) is 0 Å². The van der Waals surface area contributed by atoms with Gasteiger partial charge in [-0.3, -0.25) is 9.98 Å². The molecule has 5 rings (SSSR count). The van der Waals surface area contributed by atoms with Crippen LogP contribution in [0.5, 0.6) is 0 Å². The SMILES string of the molecule is F[C@H]1CCN(c2nccc3cc(NC4=NCc5cccnc54)ccc23)C1. The average molecular weight is 347 g/mol. The van der Waals surface area contributed by atoms with E-state index in [9.17, 15) is 4.39 Å². The first-order valence-electron chi connectivity index (χ1n) is 8.81. The monoisotopic (exact) mass is 347 g/mol. The molecule has 6 heteroatoms. The molecule has 4 heterocycles. The van der Waals surface area contributed by atoms with E-state index < -0.39 is 6.17 Å². The van der Waals surface area contributed by atoms with E-state index in [-0.39, 0.29) is 0 Å². The van der Waals surface area contributed by atoms with Crippen molar-refractivity contribution < 1.29 is 4.39 Å². The van der Waals surface area contributed by atoms with E-state index in [2.05, 4.69) is 26.3 Å². The first-order valence-corrected chi connectivity index (χ1v) is 8.81. The molecule has 5 nitrogen and oxygen atoms in total. The standard InChI is InChI=1S/C20H18FN5/c21-15-6-9-26(12-15)20-17-4-3-16(10-13(17)5-8-23-20)25-19-18-14(11-24-19)2-1-7-22-18/h1-5,7-8,10,15H,6,9,11-12H2,(H,24,25)/t15-/m0/s1. The van der Waals surface area contributed by atoms with Crippen molar-refractivity contribution in [2.45, 2.75) is 19.1 Å². The number of amidine groups is 1. The number of pyridine rings is 2. The van der Waals surface area contributed by atoms with Gasteiger partial charge in [0.25, 0.3) is 0 Å². The number of hydrogen-bond donors (Lipinski definition) is 1. The van der Waals surface area contributed by atoms with E-state index in [1.54, 1.807) is 12.4 Å². The number of hydrogen-bond acceptors (Lipinski definition) is 5. The van der Waals surface area contributed by atoms with Gasteiger partial charge in [-0.2, -0.15) is 0 Å². The highest BCUT2D eigenvalue weighted by atomic mass is 19.1. The Bertz CT molecular complexity index is 1020. The fourth-order valence-electron chi connectivity index (χ4n) is 3.66. The molecule has 0 spiro atoms. The van der Waals surface area contributed by atoms with Crippen molar-refractivity contribution >= 4 is 28.1 Å². The second kappa shape index (κ2) is 6.05. The minimum atomic E-state index is -0.763. The molecular formula is C20H18FN5. The number of nitrogens with zero attached hydrogens (tertiary/aromatic N) is 4. The van der Waals surface area contributed by atoms with Crippen molar-refractivity contribution in [2.24, 2.45) is 4.99 Å². The molecule has 1 aromatic carbocycles. The molecule has 2 aliphatic heterocycles. The quantitative estimate of drug-likeness (QED) is 0.770. The molecule has 2 aliphatic rings. The first kappa shape index (κ1) is 15.3. The topological polar surface area (TPSA) is 53.4 Å². The highest BCUT2D eigenvalue weighted by Crippen LogP contribution is 2.30. The van der Waals surface area contributed by atoms with E-state index in [0.29, 0.717) is 26.1 Å². The molecule has 0 aliphatic carbocycles. The smallest absolute Gasteiger partial charge is 0.152 e. The predicted octanol–water partition coefficient (Wildman–Crippen LogP) is 3.55. The Kier molecular flexibility index (Phi) is 3.55. The van der Waals surface area contributed by atoms with Gasteiger partial charge in [-0.25, -0.2) is 9.37 Å². The number of benzene rings is 1. The van der Waals surface area contributed by atoms with Gasteiger partial charge in [0.1, 0.15) is 17.7 Å². The van der Waals surface area contributed by atoms with Crippen LogP contribution in [0, 0.1) is 0 Å². The highest BCUT2D eigenvalue weighted by molar-refractivity contribution is 6.10. The van der Waals surface area contributed by atoms with Gasteiger partial charge >= 0.3 is 0 Å². The number of aromatic nitrogens is 2. The molecule has 0 unspecified atom stereocenters. The fourth-order valence-corrected chi connectivity index (χ4v) is 3.66. The summed E-state index contributed by atoms with van der Waals surface area (Å²) in [6.45, 7) is 1.80. The molecule has 1 fully saturated rings. The van der Waals surface area contributed by atoms with Crippen LogP contribution in [0.15, 0.2) is 53.8 Å². The number of aliphatic imine (C=N–C) groups is 1. The number of halogens is 1. The lowest BCUT2D eigenvalue weighted by Gasteiger charge is -2.18. The number of anilines is 2. The first-order chi connectivity index (χ1) is 12.8. The maximum absolute atomic E-state index is 13.6. The Hall–Kier alpha value is -3.02. The maximum Gasteiger partial charge on any atom is 0.152 e. The van der Waals surface area contributed by atoms with Crippen molar-refractivity contribution in [3.8, 4) is 0 Å². The molecule has 0 amide bonds. The molecule has 1 atom stereocenters. The van der Waals surface area contributed by atoms with E-state index in [1.807, 2.05) is 35.2 Å². The Morgan fingerprint density at radius 3 is 2.96 bits per heavy atom. The molecule has 0 radical (unpaired) electrons. The Morgan fingerprint density at radius 2 is 2.08 bits per heavy atom. The van der Waals surface area contributed by atoms with Crippen LogP contribution in [-0.2, 0) is 6.54 Å². The lowest BCUT2D eigenvalue weighted by molar-refractivity contribution is 0.364. The third-order valence-electron chi connectivity index (χ3n) is 4.96. The summed E-state index contributed by atoms with van der Waals surface area (Å²) in [7, 11) is 0. The Labute approximate surface area is 150 Å². The third-order valence-corrected chi connectivity index (χ3v) is 4.96. The summed E-state index contributed by atoms with van der Waals surface area (Å²) in [4.78, 5) is 15.5. The second-order valence-corrected chi connectivity index (χ2v) is 6.70. The van der Waals surface area contributed by atoms with Gasteiger partial charge in [-0.1, -0.05) is 6.07 Å². The van der Waals surface area contributed by atoms with Gasteiger partial charge in [0.15, 0.2) is 5.84 Å². The van der Waals surface area contributed by atoms with Crippen LogP contribution in [0.4, 0.5) is 15.9 Å². The summed E-state index contributed by atoms with van der Waals surface area (Å²) in [5, 5.41) is 5.49. The van der Waals surface area contributed by atoms with E-state index in [0.717, 1.165) is 39.4 Å². The molecular weight excluding hydrogens is 329 g/mol. The van der Waals surface area contributed by atoms with Crippen molar-refractivity contribution in [1.82, 2.24) is 9.97 Å². The summed E-state index contributed by atoms with van der Waals surface area (Å²) in [6, 6.07) is 12.1. The normalized spacial score (nSPS) is 18.9. The molecule has 26 heavy (non-hydrogen) atoms. The second-order valence-electron chi connectivity index (χ2n) is 6.70. The van der Waals surface area contributed by atoms with Gasteiger partial charge in [0.05, 0.1) is 13.1 Å². The minimum Gasteiger partial charge on any atom is -0.353 e. The predicted molar refractivity (Wildman–Crippen MR) is 102 cm³/mol. The molecule has 1 saturated heterocycles. The average Bonchev–Trinajstić information content (AvgIpc) is 3.28. The molecule has 2 aromatic heterocycles. The van der Waals surface area contributed by atoms with Crippen LogP contribution in [0.25, 0.3) is 10.8 Å². The fraction of sp³-hybridized carbons (Fsp3) is 0.250. The third kappa shape index (κ3) is 2.58. The molecule has 1 N–H and O–H groups in total. The molecule has 3 aromatic rings. The van der Waals surface area contributed by atoms with E-state index >= 15 is 0 Å². The van der Waals surface area contributed by atoms with Crippen LogP contribution in [0.2, 0.25) is 0 Å². The lowest BCUT2D eigenvalue weighted by atomic mass is 10.1. The number of alkyl halides is 1. The molecule has 130 valence electrons. The summed E-state index contributed by atoms with van der Waals surface area (Å²) in [5.41, 5.74) is 3.00. The summed E-state index contributed by atoms with van der Waals surface area (Å²) in [5.74, 6) is 1.66. The Balaban J connectivity index is 1.46. The van der Waals surface area contributed by atoms with Crippen LogP contribution >= 0.6 is 0 Å². The van der Waals surface area contributed by atoms with Crippen molar-refractivity contribution in [3.05, 3.63) is 60.0 Å². The van der Waals surface area contributed by atoms with Gasteiger partial charge in [0.2, 0.25) is 0 Å². The molecule has 0 saturated carbocycles. The summed E-state index contributed by atoms with van der Waals surface area (Å²) >= 11 is 0. The van der Waals surface area contributed by atoms with E-state index in [1.165, 1.54) is 0 Å². The van der Waals surface area contributed by atoms with Crippen LogP contribution in [0.1, 0.15) is 17.7 Å². The van der Waals surface area contributed by atoms with Gasteiger partial charge in [-0.05, 0) is 42.1 Å². The number of rotatable bonds is 2. The lowest BCUT2D eigenvalue weighted by Crippen LogP contribution is -2.21. The zero-order valence-corrected chi connectivity index (χ0v) is 14.2. The number of nitrogens with one attached hydrogen (secondary N) is 1. The zero-order chi connectivity index (χ0) is 17.5. The molecule has 0 bridgehead atoms.